The Labute approximate surface area is 223 Å². The van der Waals surface area contributed by atoms with Crippen LogP contribution in [0.15, 0.2) is 79.5 Å². The van der Waals surface area contributed by atoms with Crippen molar-refractivity contribution in [2.75, 3.05) is 11.6 Å². The van der Waals surface area contributed by atoms with Gasteiger partial charge in [0.05, 0.1) is 22.5 Å². The first-order chi connectivity index (χ1) is 17.8. The molecule has 0 bridgehead atoms. The number of hydrogen-bond acceptors (Lipinski definition) is 3. The van der Waals surface area contributed by atoms with Gasteiger partial charge in [0.2, 0.25) is 0 Å². The molecule has 192 valence electrons. The van der Waals surface area contributed by atoms with Crippen molar-refractivity contribution in [2.45, 2.75) is 33.7 Å². The van der Waals surface area contributed by atoms with E-state index in [2.05, 4.69) is 16.6 Å². The molecule has 0 saturated heterocycles. The summed E-state index contributed by atoms with van der Waals surface area (Å²) in [5.41, 5.74) is 8.40. The first-order valence-corrected chi connectivity index (χ1v) is 12.4. The molecule has 1 aromatic heterocycles. The summed E-state index contributed by atoms with van der Waals surface area (Å²) in [6, 6.07) is 14.6. The van der Waals surface area contributed by atoms with E-state index in [-0.39, 0.29) is 11.5 Å². The smallest absolute Gasteiger partial charge is 0.335 e. The van der Waals surface area contributed by atoms with Gasteiger partial charge in [0.1, 0.15) is 0 Å². The van der Waals surface area contributed by atoms with Crippen LogP contribution in [-0.4, -0.2) is 28.1 Å². The fourth-order valence-electron chi connectivity index (χ4n) is 4.24. The number of amides is 1. The molecule has 2 N–H and O–H groups in total. The summed E-state index contributed by atoms with van der Waals surface area (Å²) in [7, 11) is 0. The Kier molecular flexibility index (Phi) is 9.52. The maximum absolute atomic E-state index is 13.4. The molecule has 6 nitrogen and oxygen atoms in total. The summed E-state index contributed by atoms with van der Waals surface area (Å²) in [4.78, 5) is 24.7. The maximum atomic E-state index is 13.4. The van der Waals surface area contributed by atoms with Gasteiger partial charge in [0, 0.05) is 29.9 Å². The van der Waals surface area contributed by atoms with Crippen LogP contribution in [0.1, 0.15) is 53.5 Å². The van der Waals surface area contributed by atoms with E-state index in [0.717, 1.165) is 28.1 Å². The second kappa shape index (κ2) is 12.8. The SMILES string of the molecule is C/C=C\c1ccn(Cc2ccc(Cl)cc2)c1/C(=C\C)C(=O)NN1CCc2cc(C(=O)O)ccc21.C=CC. The van der Waals surface area contributed by atoms with Crippen LogP contribution in [0.3, 0.4) is 0 Å². The number of carboxylic acids is 1. The number of anilines is 1. The van der Waals surface area contributed by atoms with E-state index in [1.165, 1.54) is 0 Å². The van der Waals surface area contributed by atoms with Gasteiger partial charge in [-0.1, -0.05) is 48.0 Å². The Balaban J connectivity index is 0.00000121. The number of hydrogen-bond donors (Lipinski definition) is 2. The molecule has 2 aromatic carbocycles. The molecule has 0 saturated carbocycles. The predicted molar refractivity (Wildman–Crippen MR) is 152 cm³/mol. The van der Waals surface area contributed by atoms with Crippen molar-refractivity contribution in [1.29, 1.82) is 0 Å². The molecule has 0 radical (unpaired) electrons. The van der Waals surface area contributed by atoms with Crippen LogP contribution in [-0.2, 0) is 17.8 Å². The summed E-state index contributed by atoms with van der Waals surface area (Å²) >= 11 is 6.04. The lowest BCUT2D eigenvalue weighted by Gasteiger charge is -2.22. The quantitative estimate of drug-likeness (QED) is 0.273. The Bertz CT molecular complexity index is 1340. The number of halogens is 1. The first-order valence-electron chi connectivity index (χ1n) is 12.1. The third kappa shape index (κ3) is 6.60. The molecule has 3 aromatic rings. The molecule has 37 heavy (non-hydrogen) atoms. The number of nitrogens with one attached hydrogen (secondary N) is 1. The molecule has 7 heteroatoms. The highest BCUT2D eigenvalue weighted by molar-refractivity contribution is 6.30. The van der Waals surface area contributed by atoms with E-state index < -0.39 is 5.97 Å². The number of nitrogens with zero attached hydrogens (tertiary/aromatic N) is 2. The minimum absolute atomic E-state index is 0.223. The molecule has 0 aliphatic carbocycles. The van der Waals surface area contributed by atoms with Crippen molar-refractivity contribution >= 4 is 40.8 Å². The molecule has 1 aliphatic heterocycles. The van der Waals surface area contributed by atoms with Gasteiger partial charge >= 0.3 is 5.97 Å². The third-order valence-electron chi connectivity index (χ3n) is 5.85. The molecular formula is C30H32ClN3O3. The second-order valence-corrected chi connectivity index (χ2v) is 8.91. The largest absolute Gasteiger partial charge is 0.478 e. The topological polar surface area (TPSA) is 74.6 Å². The van der Waals surface area contributed by atoms with Crippen LogP contribution >= 0.6 is 11.6 Å². The van der Waals surface area contributed by atoms with Gasteiger partial charge in [-0.25, -0.2) is 4.79 Å². The summed E-state index contributed by atoms with van der Waals surface area (Å²) < 4.78 is 2.06. The van der Waals surface area contributed by atoms with Crippen molar-refractivity contribution in [1.82, 2.24) is 9.99 Å². The normalized spacial score (nSPS) is 12.6. The lowest BCUT2D eigenvalue weighted by molar-refractivity contribution is -0.115. The van der Waals surface area contributed by atoms with Gasteiger partial charge < -0.3 is 9.67 Å². The average Bonchev–Trinajstić information content (AvgIpc) is 3.45. The van der Waals surface area contributed by atoms with Gasteiger partial charge in [-0.15, -0.1) is 6.58 Å². The zero-order valence-electron chi connectivity index (χ0n) is 21.4. The van der Waals surface area contributed by atoms with Crippen molar-refractivity contribution in [3.63, 3.8) is 0 Å². The number of carbonyl (C=O) groups is 2. The van der Waals surface area contributed by atoms with E-state index in [1.54, 1.807) is 29.3 Å². The number of fused-ring (bicyclic) bond motifs is 1. The second-order valence-electron chi connectivity index (χ2n) is 8.48. The van der Waals surface area contributed by atoms with Crippen LogP contribution in [0, 0.1) is 0 Å². The molecule has 0 unspecified atom stereocenters. The van der Waals surface area contributed by atoms with Gasteiger partial charge in [0.25, 0.3) is 5.91 Å². The van der Waals surface area contributed by atoms with E-state index in [4.69, 9.17) is 11.6 Å². The highest BCUT2D eigenvalue weighted by atomic mass is 35.5. The van der Waals surface area contributed by atoms with Crippen LogP contribution < -0.4 is 10.4 Å². The van der Waals surface area contributed by atoms with Gasteiger partial charge in [-0.3, -0.25) is 15.2 Å². The van der Waals surface area contributed by atoms with Crippen LogP contribution in [0.4, 0.5) is 5.69 Å². The molecule has 1 aliphatic rings. The summed E-state index contributed by atoms with van der Waals surface area (Å²) in [5, 5.41) is 11.7. The van der Waals surface area contributed by atoms with E-state index in [9.17, 15) is 14.7 Å². The molecule has 4 rings (SSSR count). The Morgan fingerprint density at radius 1 is 1.11 bits per heavy atom. The predicted octanol–water partition coefficient (Wildman–Crippen LogP) is 6.61. The molecule has 0 atom stereocenters. The van der Waals surface area contributed by atoms with Crippen molar-refractivity contribution in [3.8, 4) is 0 Å². The van der Waals surface area contributed by atoms with E-state index in [1.807, 2.05) is 75.5 Å². The summed E-state index contributed by atoms with van der Waals surface area (Å²) in [5.74, 6) is -1.18. The lowest BCUT2D eigenvalue weighted by Crippen LogP contribution is -2.41. The third-order valence-corrected chi connectivity index (χ3v) is 6.11. The van der Waals surface area contributed by atoms with Gasteiger partial charge in [-0.2, -0.15) is 0 Å². The van der Waals surface area contributed by atoms with E-state index >= 15 is 0 Å². The average molecular weight is 518 g/mol. The van der Waals surface area contributed by atoms with Crippen LogP contribution in [0.2, 0.25) is 5.02 Å². The van der Waals surface area contributed by atoms with Crippen molar-refractivity contribution < 1.29 is 14.7 Å². The van der Waals surface area contributed by atoms with Gasteiger partial charge in [-0.05, 0) is 74.7 Å². The number of aromatic carboxylic acids is 1. The summed E-state index contributed by atoms with van der Waals surface area (Å²) in [6.07, 6.45) is 10.2. The highest BCUT2D eigenvalue weighted by Crippen LogP contribution is 2.29. The fourth-order valence-corrected chi connectivity index (χ4v) is 4.37. The fraction of sp³-hybridized carbons (Fsp3) is 0.200. The number of hydrazine groups is 1. The highest BCUT2D eigenvalue weighted by Gasteiger charge is 2.25. The first kappa shape index (κ1) is 27.6. The molecule has 0 spiro atoms. The van der Waals surface area contributed by atoms with Crippen molar-refractivity contribution in [3.05, 3.63) is 113 Å². The minimum atomic E-state index is -0.959. The summed E-state index contributed by atoms with van der Waals surface area (Å²) in [6.45, 7) is 10.2. The Hall–Kier alpha value is -4.03. The standard InChI is InChI=1S/C27H26ClN3O3.C3H6/c1-3-5-19-12-14-30(17-18-6-9-22(28)10-7-18)25(19)23(4-2)26(32)29-31-15-13-20-16-21(27(33)34)8-11-24(20)31;1-3-2/h3-12,14,16H,13,15,17H2,1-2H3,(H,29,32)(H,33,34);3H,1H2,2H3/b5-3-,23-4+;. The number of carbonyl (C=O) groups excluding carboxylic acids is 1. The molecular weight excluding hydrogens is 486 g/mol. The van der Waals surface area contributed by atoms with Crippen LogP contribution in [0.5, 0.6) is 0 Å². The number of allylic oxidation sites excluding steroid dienone is 3. The number of rotatable bonds is 7. The Morgan fingerprint density at radius 2 is 1.81 bits per heavy atom. The monoisotopic (exact) mass is 517 g/mol. The minimum Gasteiger partial charge on any atom is -0.478 e. The molecule has 1 amide bonds. The Morgan fingerprint density at radius 3 is 2.43 bits per heavy atom. The van der Waals surface area contributed by atoms with Crippen molar-refractivity contribution in [2.24, 2.45) is 0 Å². The maximum Gasteiger partial charge on any atom is 0.335 e. The van der Waals surface area contributed by atoms with E-state index in [0.29, 0.717) is 30.1 Å². The van der Waals surface area contributed by atoms with Gasteiger partial charge in [0.15, 0.2) is 0 Å². The van der Waals surface area contributed by atoms with Crippen LogP contribution in [0.25, 0.3) is 11.6 Å². The zero-order chi connectivity index (χ0) is 26.9. The molecule has 0 fully saturated rings. The lowest BCUT2D eigenvalue weighted by atomic mass is 10.1. The number of benzene rings is 2. The molecule has 2 heterocycles. The zero-order valence-corrected chi connectivity index (χ0v) is 22.1. The number of carboxylic acid groups (broad SMARTS) is 1. The number of aromatic nitrogens is 1.